The first kappa shape index (κ1) is 14.9. The minimum Gasteiger partial charge on any atom is -0.357 e. The van der Waals surface area contributed by atoms with Crippen LogP contribution in [-0.2, 0) is 0 Å². The van der Waals surface area contributed by atoms with E-state index in [1.165, 1.54) is 17.5 Å². The molecular formula is C17H27N3. The van der Waals surface area contributed by atoms with Gasteiger partial charge in [0.1, 0.15) is 0 Å². The number of hydrogen-bond acceptors (Lipinski definition) is 1. The van der Waals surface area contributed by atoms with Gasteiger partial charge in [-0.25, -0.2) is 0 Å². The molecule has 0 aliphatic heterocycles. The standard InChI is InChI=1S/C17H27N3/c1-5-18-17(19-6-2)20-16-11-15(16)14-9-7-13(8-10-14)12(3)4/h7-10,12,15-16H,5-6,11H2,1-4H3,(H2,18,19,20). The molecule has 1 saturated carbocycles. The molecule has 0 saturated heterocycles. The summed E-state index contributed by atoms with van der Waals surface area (Å²) in [5, 5.41) is 6.81. The summed E-state index contributed by atoms with van der Waals surface area (Å²) in [6.45, 7) is 10.4. The van der Waals surface area contributed by atoms with Crippen LogP contribution in [0.4, 0.5) is 0 Å². The molecule has 20 heavy (non-hydrogen) atoms. The Labute approximate surface area is 122 Å². The molecule has 3 nitrogen and oxygen atoms in total. The third-order valence-corrected chi connectivity index (χ3v) is 3.80. The minimum absolute atomic E-state index is 0.532. The van der Waals surface area contributed by atoms with E-state index in [1.54, 1.807) is 0 Å². The number of rotatable bonds is 5. The van der Waals surface area contributed by atoms with Crippen molar-refractivity contribution < 1.29 is 0 Å². The van der Waals surface area contributed by atoms with Crippen LogP contribution in [0.2, 0.25) is 0 Å². The maximum absolute atomic E-state index is 4.45. The van der Waals surface area contributed by atoms with Gasteiger partial charge in [0.2, 0.25) is 0 Å². The smallest absolute Gasteiger partial charge is 0.191 e. The van der Waals surface area contributed by atoms with Crippen molar-refractivity contribution >= 4 is 5.96 Å². The Hall–Kier alpha value is -1.51. The second kappa shape index (κ2) is 6.78. The summed E-state index contributed by atoms with van der Waals surface area (Å²) in [6.07, 6.45) is 1.20. The van der Waals surface area contributed by atoms with Gasteiger partial charge in [-0.3, -0.25) is 4.99 Å². The van der Waals surface area contributed by atoms with E-state index < -0.39 is 0 Å². The normalized spacial score (nSPS) is 21.9. The summed E-state index contributed by atoms with van der Waals surface area (Å²) in [5.41, 5.74) is 2.86. The van der Waals surface area contributed by atoms with Crippen molar-refractivity contribution in [2.24, 2.45) is 4.99 Å². The molecule has 110 valence electrons. The molecule has 1 aliphatic carbocycles. The Morgan fingerprint density at radius 2 is 1.95 bits per heavy atom. The molecule has 1 aromatic rings. The van der Waals surface area contributed by atoms with Gasteiger partial charge in [0.05, 0.1) is 0 Å². The highest BCUT2D eigenvalue weighted by Crippen LogP contribution is 2.41. The van der Waals surface area contributed by atoms with Gasteiger partial charge in [0, 0.05) is 25.0 Å². The van der Waals surface area contributed by atoms with Gasteiger partial charge >= 0.3 is 0 Å². The van der Waals surface area contributed by atoms with Crippen LogP contribution in [0.25, 0.3) is 0 Å². The van der Waals surface area contributed by atoms with Gasteiger partial charge in [-0.05, 0) is 37.3 Å². The van der Waals surface area contributed by atoms with E-state index in [-0.39, 0.29) is 0 Å². The van der Waals surface area contributed by atoms with Gasteiger partial charge in [-0.1, -0.05) is 38.1 Å². The van der Waals surface area contributed by atoms with E-state index in [9.17, 15) is 0 Å². The van der Waals surface area contributed by atoms with Crippen molar-refractivity contribution in [3.8, 4) is 0 Å². The summed E-state index contributed by atoms with van der Waals surface area (Å²) >= 11 is 0. The van der Waals surface area contributed by atoms with Gasteiger partial charge in [0.15, 0.2) is 5.96 Å². The molecular weight excluding hydrogens is 246 g/mol. The molecule has 1 aromatic carbocycles. The third kappa shape index (κ3) is 3.75. The Balaban J connectivity index is 1.92. The van der Waals surface area contributed by atoms with Gasteiger partial charge in [-0.15, -0.1) is 0 Å². The van der Waals surface area contributed by atoms with Crippen molar-refractivity contribution in [3.63, 3.8) is 0 Å². The molecule has 0 radical (unpaired) electrons. The lowest BCUT2D eigenvalue weighted by atomic mass is 10.0. The van der Waals surface area contributed by atoms with Crippen molar-refractivity contribution in [1.82, 2.24) is 10.6 Å². The molecule has 0 spiro atoms. The van der Waals surface area contributed by atoms with Gasteiger partial charge in [0.25, 0.3) is 0 Å². The SMILES string of the molecule is CCN=C(NCC)NC1CC1c1ccc(C(C)C)cc1. The zero-order chi connectivity index (χ0) is 14.5. The van der Waals surface area contributed by atoms with Crippen LogP contribution < -0.4 is 10.6 Å². The largest absolute Gasteiger partial charge is 0.357 e. The third-order valence-electron chi connectivity index (χ3n) is 3.80. The van der Waals surface area contributed by atoms with Gasteiger partial charge < -0.3 is 10.6 Å². The summed E-state index contributed by atoms with van der Waals surface area (Å²) in [7, 11) is 0. The first-order valence-electron chi connectivity index (χ1n) is 7.80. The van der Waals surface area contributed by atoms with Crippen LogP contribution >= 0.6 is 0 Å². The van der Waals surface area contributed by atoms with Crippen LogP contribution in [0, 0.1) is 0 Å². The van der Waals surface area contributed by atoms with E-state index in [4.69, 9.17) is 0 Å². The quantitative estimate of drug-likeness (QED) is 0.638. The first-order valence-corrected chi connectivity index (χ1v) is 7.80. The molecule has 3 heteroatoms. The lowest BCUT2D eigenvalue weighted by molar-refractivity contribution is 0.798. The molecule has 0 aromatic heterocycles. The predicted octanol–water partition coefficient (Wildman–Crippen LogP) is 3.24. The monoisotopic (exact) mass is 273 g/mol. The topological polar surface area (TPSA) is 36.4 Å². The minimum atomic E-state index is 0.532. The molecule has 0 heterocycles. The Morgan fingerprint density at radius 3 is 2.50 bits per heavy atom. The molecule has 0 bridgehead atoms. The van der Waals surface area contributed by atoms with Crippen molar-refractivity contribution in [1.29, 1.82) is 0 Å². The fourth-order valence-corrected chi connectivity index (χ4v) is 2.50. The Morgan fingerprint density at radius 1 is 1.25 bits per heavy atom. The van der Waals surface area contributed by atoms with Crippen molar-refractivity contribution in [2.45, 2.75) is 52.0 Å². The van der Waals surface area contributed by atoms with E-state index in [0.717, 1.165) is 19.0 Å². The predicted molar refractivity (Wildman–Crippen MR) is 86.5 cm³/mol. The lowest BCUT2D eigenvalue weighted by Gasteiger charge is -2.11. The maximum Gasteiger partial charge on any atom is 0.191 e. The van der Waals surface area contributed by atoms with Crippen LogP contribution in [0.5, 0.6) is 0 Å². The zero-order valence-corrected chi connectivity index (χ0v) is 13.1. The number of nitrogens with one attached hydrogen (secondary N) is 2. The summed E-state index contributed by atoms with van der Waals surface area (Å²) in [6, 6.07) is 9.63. The average Bonchev–Trinajstić information content (AvgIpc) is 3.19. The molecule has 2 atom stereocenters. The number of benzene rings is 1. The fourth-order valence-electron chi connectivity index (χ4n) is 2.50. The number of guanidine groups is 1. The fraction of sp³-hybridized carbons (Fsp3) is 0.588. The van der Waals surface area contributed by atoms with Crippen LogP contribution in [-0.4, -0.2) is 25.1 Å². The van der Waals surface area contributed by atoms with Crippen LogP contribution in [0.1, 0.15) is 57.1 Å². The van der Waals surface area contributed by atoms with Crippen molar-refractivity contribution in [3.05, 3.63) is 35.4 Å². The number of hydrogen-bond donors (Lipinski definition) is 2. The first-order chi connectivity index (χ1) is 9.65. The molecule has 2 rings (SSSR count). The Kier molecular flexibility index (Phi) is 5.05. The van der Waals surface area contributed by atoms with E-state index in [1.807, 2.05) is 0 Å². The Bertz CT molecular complexity index is 448. The summed E-state index contributed by atoms with van der Waals surface area (Å²) in [4.78, 5) is 4.45. The highest BCUT2D eigenvalue weighted by molar-refractivity contribution is 5.80. The molecule has 2 N–H and O–H groups in total. The summed E-state index contributed by atoms with van der Waals surface area (Å²) in [5.74, 6) is 2.19. The van der Waals surface area contributed by atoms with Crippen LogP contribution in [0.15, 0.2) is 29.3 Å². The second-order valence-corrected chi connectivity index (χ2v) is 5.77. The van der Waals surface area contributed by atoms with E-state index in [2.05, 4.69) is 67.6 Å². The maximum atomic E-state index is 4.45. The number of nitrogens with zero attached hydrogens (tertiary/aromatic N) is 1. The lowest BCUT2D eigenvalue weighted by Crippen LogP contribution is -2.39. The second-order valence-electron chi connectivity index (χ2n) is 5.77. The zero-order valence-electron chi connectivity index (χ0n) is 13.1. The molecule has 1 fully saturated rings. The molecule has 0 amide bonds. The molecule has 2 unspecified atom stereocenters. The molecule has 1 aliphatic rings. The van der Waals surface area contributed by atoms with Gasteiger partial charge in [-0.2, -0.15) is 0 Å². The van der Waals surface area contributed by atoms with E-state index in [0.29, 0.717) is 17.9 Å². The highest BCUT2D eigenvalue weighted by Gasteiger charge is 2.38. The summed E-state index contributed by atoms with van der Waals surface area (Å²) < 4.78 is 0. The number of aliphatic imine (C=N–C) groups is 1. The average molecular weight is 273 g/mol. The highest BCUT2D eigenvalue weighted by atomic mass is 15.2. The van der Waals surface area contributed by atoms with Crippen LogP contribution in [0.3, 0.4) is 0 Å². The van der Waals surface area contributed by atoms with Crippen molar-refractivity contribution in [2.75, 3.05) is 13.1 Å². The van der Waals surface area contributed by atoms with E-state index >= 15 is 0 Å².